The third kappa shape index (κ3) is 5.31. The number of hydrazone groups is 1. The maximum atomic E-state index is 13.2. The Balaban J connectivity index is 1.58. The third-order valence-electron chi connectivity index (χ3n) is 4.86. The van der Waals surface area contributed by atoms with E-state index in [1.54, 1.807) is 30.3 Å². The van der Waals surface area contributed by atoms with Gasteiger partial charge in [-0.25, -0.2) is 9.82 Å². The second kappa shape index (κ2) is 9.77. The Hall–Kier alpha value is -4.15. The van der Waals surface area contributed by atoms with Crippen molar-refractivity contribution in [1.82, 2.24) is 15.0 Å². The largest absolute Gasteiger partial charge is 0.341 e. The molecule has 10 nitrogen and oxygen atoms in total. The Morgan fingerprint density at radius 2 is 1.72 bits per heavy atom. The van der Waals surface area contributed by atoms with Crippen molar-refractivity contribution < 1.29 is 9.31 Å². The summed E-state index contributed by atoms with van der Waals surface area (Å²) < 4.78 is 13.2. The van der Waals surface area contributed by atoms with E-state index in [0.29, 0.717) is 17.2 Å². The fourth-order valence-corrected chi connectivity index (χ4v) is 3.29. The summed E-state index contributed by atoms with van der Waals surface area (Å²) in [6, 6.07) is 12.1. The number of nitro groups is 1. The normalized spacial score (nSPS) is 13.8. The summed E-state index contributed by atoms with van der Waals surface area (Å²) in [7, 11) is 0. The summed E-state index contributed by atoms with van der Waals surface area (Å²) in [5.41, 5.74) is 3.65. The molecule has 2 aromatic carbocycles. The molecule has 11 heteroatoms. The van der Waals surface area contributed by atoms with Crippen LogP contribution in [-0.2, 0) is 0 Å². The second-order valence-electron chi connectivity index (χ2n) is 7.15. The molecule has 0 saturated carbocycles. The molecular formula is C21H21FN8O2. The molecule has 1 aromatic heterocycles. The summed E-state index contributed by atoms with van der Waals surface area (Å²) >= 11 is 0. The van der Waals surface area contributed by atoms with Gasteiger partial charge in [-0.3, -0.25) is 10.1 Å². The van der Waals surface area contributed by atoms with Gasteiger partial charge in [-0.2, -0.15) is 20.1 Å². The first-order valence-electron chi connectivity index (χ1n) is 10.1. The Kier molecular flexibility index (Phi) is 6.44. The molecule has 0 aliphatic carbocycles. The third-order valence-corrected chi connectivity index (χ3v) is 4.86. The monoisotopic (exact) mass is 436 g/mol. The van der Waals surface area contributed by atoms with Crippen molar-refractivity contribution in [3.05, 3.63) is 70.0 Å². The van der Waals surface area contributed by atoms with Crippen LogP contribution in [0.3, 0.4) is 0 Å². The fourth-order valence-electron chi connectivity index (χ4n) is 3.29. The number of nitro benzene ring substituents is 1. The summed E-state index contributed by atoms with van der Waals surface area (Å²) in [5, 5.41) is 18.3. The molecule has 3 aromatic rings. The quantitative estimate of drug-likeness (QED) is 0.323. The van der Waals surface area contributed by atoms with Gasteiger partial charge in [0, 0.05) is 24.8 Å². The first-order chi connectivity index (χ1) is 15.6. The molecule has 164 valence electrons. The lowest BCUT2D eigenvalue weighted by atomic mass is 10.1. The molecule has 2 heterocycles. The standard InChI is InChI=1S/C21H21FN8O2/c22-16-8-10-17(11-9-16)24-19-25-20(27-21(26-19)29-12-4-1-5-13-29)28-23-14-15-6-2-3-7-18(15)30(31)32/h2-3,6-11,14H,1,4-5,12-13H2,(H2,24,25,26,27,28). The van der Waals surface area contributed by atoms with Gasteiger partial charge in [-0.05, 0) is 49.6 Å². The van der Waals surface area contributed by atoms with E-state index in [1.807, 2.05) is 0 Å². The Labute approximate surface area is 183 Å². The summed E-state index contributed by atoms with van der Waals surface area (Å²) in [6.07, 6.45) is 4.60. The van der Waals surface area contributed by atoms with Gasteiger partial charge in [0.2, 0.25) is 17.8 Å². The van der Waals surface area contributed by atoms with Crippen LogP contribution in [0, 0.1) is 15.9 Å². The van der Waals surface area contributed by atoms with Gasteiger partial charge < -0.3 is 10.2 Å². The number of nitrogens with zero attached hydrogens (tertiary/aromatic N) is 6. The van der Waals surface area contributed by atoms with E-state index in [1.165, 1.54) is 24.4 Å². The van der Waals surface area contributed by atoms with Crippen LogP contribution in [0.2, 0.25) is 0 Å². The smallest absolute Gasteiger partial charge is 0.278 e. The van der Waals surface area contributed by atoms with Crippen molar-refractivity contribution in [3.63, 3.8) is 0 Å². The highest BCUT2D eigenvalue weighted by molar-refractivity contribution is 5.85. The molecule has 4 rings (SSSR count). The molecule has 0 atom stereocenters. The number of benzene rings is 2. The van der Waals surface area contributed by atoms with Crippen LogP contribution in [0.4, 0.5) is 33.6 Å². The van der Waals surface area contributed by atoms with Gasteiger partial charge in [0.05, 0.1) is 16.7 Å². The number of piperidine rings is 1. The number of nitrogens with one attached hydrogen (secondary N) is 2. The minimum atomic E-state index is -0.469. The van der Waals surface area contributed by atoms with E-state index in [4.69, 9.17) is 0 Å². The Morgan fingerprint density at radius 3 is 2.47 bits per heavy atom. The maximum Gasteiger partial charge on any atom is 0.278 e. The number of hydrogen-bond acceptors (Lipinski definition) is 9. The molecule has 0 unspecified atom stereocenters. The average Bonchev–Trinajstić information content (AvgIpc) is 2.81. The minimum Gasteiger partial charge on any atom is -0.341 e. The minimum absolute atomic E-state index is 0.0543. The molecule has 2 N–H and O–H groups in total. The highest BCUT2D eigenvalue weighted by Crippen LogP contribution is 2.21. The van der Waals surface area contributed by atoms with E-state index >= 15 is 0 Å². The molecule has 0 amide bonds. The average molecular weight is 436 g/mol. The molecule has 1 aliphatic heterocycles. The van der Waals surface area contributed by atoms with Crippen molar-refractivity contribution >= 4 is 35.4 Å². The number of hydrogen-bond donors (Lipinski definition) is 2. The lowest BCUT2D eigenvalue weighted by molar-refractivity contribution is -0.385. The summed E-state index contributed by atoms with van der Waals surface area (Å²) in [6.45, 7) is 1.66. The molecule has 1 fully saturated rings. The Bertz CT molecular complexity index is 1120. The summed E-state index contributed by atoms with van der Waals surface area (Å²) in [4.78, 5) is 26.0. The van der Waals surface area contributed by atoms with Crippen molar-refractivity contribution in [2.24, 2.45) is 5.10 Å². The van der Waals surface area contributed by atoms with Crippen LogP contribution in [0.25, 0.3) is 0 Å². The SMILES string of the molecule is O=[N+]([O-])c1ccccc1C=NNc1nc(Nc2ccc(F)cc2)nc(N2CCCCC2)n1. The molecule has 0 bridgehead atoms. The van der Waals surface area contributed by atoms with E-state index in [0.717, 1.165) is 32.4 Å². The zero-order chi connectivity index (χ0) is 22.3. The number of aromatic nitrogens is 3. The second-order valence-corrected chi connectivity index (χ2v) is 7.15. The van der Waals surface area contributed by atoms with Crippen LogP contribution < -0.4 is 15.6 Å². The first kappa shape index (κ1) is 21.1. The van der Waals surface area contributed by atoms with Crippen LogP contribution in [0.1, 0.15) is 24.8 Å². The van der Waals surface area contributed by atoms with Gasteiger partial charge in [-0.15, -0.1) is 0 Å². The van der Waals surface area contributed by atoms with E-state index in [2.05, 4.69) is 35.7 Å². The molecule has 1 saturated heterocycles. The van der Waals surface area contributed by atoms with E-state index < -0.39 is 4.92 Å². The first-order valence-corrected chi connectivity index (χ1v) is 10.1. The van der Waals surface area contributed by atoms with Crippen LogP contribution in [0.5, 0.6) is 0 Å². The number of halogens is 1. The number of para-hydroxylation sites is 1. The van der Waals surface area contributed by atoms with Crippen molar-refractivity contribution in [2.75, 3.05) is 28.7 Å². The Morgan fingerprint density at radius 1 is 1.00 bits per heavy atom. The van der Waals surface area contributed by atoms with Gasteiger partial charge in [0.25, 0.3) is 5.69 Å². The van der Waals surface area contributed by atoms with Crippen molar-refractivity contribution in [2.45, 2.75) is 19.3 Å². The van der Waals surface area contributed by atoms with Gasteiger partial charge >= 0.3 is 0 Å². The molecule has 32 heavy (non-hydrogen) atoms. The van der Waals surface area contributed by atoms with E-state index in [-0.39, 0.29) is 23.4 Å². The van der Waals surface area contributed by atoms with Crippen LogP contribution in [0.15, 0.2) is 53.6 Å². The number of anilines is 4. The van der Waals surface area contributed by atoms with Gasteiger partial charge in [0.15, 0.2) is 0 Å². The molecule has 1 aliphatic rings. The maximum absolute atomic E-state index is 13.2. The van der Waals surface area contributed by atoms with Gasteiger partial charge in [0.1, 0.15) is 5.82 Å². The van der Waals surface area contributed by atoms with Crippen molar-refractivity contribution in [1.29, 1.82) is 0 Å². The fraction of sp³-hybridized carbons (Fsp3) is 0.238. The molecule has 0 spiro atoms. The predicted molar refractivity (Wildman–Crippen MR) is 120 cm³/mol. The van der Waals surface area contributed by atoms with Crippen molar-refractivity contribution in [3.8, 4) is 0 Å². The zero-order valence-corrected chi connectivity index (χ0v) is 17.1. The molecule has 0 radical (unpaired) electrons. The van der Waals surface area contributed by atoms with E-state index in [9.17, 15) is 14.5 Å². The summed E-state index contributed by atoms with van der Waals surface area (Å²) in [5.74, 6) is 0.607. The van der Waals surface area contributed by atoms with Crippen LogP contribution >= 0.6 is 0 Å². The highest BCUT2D eigenvalue weighted by Gasteiger charge is 2.16. The zero-order valence-electron chi connectivity index (χ0n) is 17.1. The lowest BCUT2D eigenvalue weighted by Gasteiger charge is -2.26. The predicted octanol–water partition coefficient (Wildman–Crippen LogP) is 4.10. The van der Waals surface area contributed by atoms with Crippen LogP contribution in [-0.4, -0.2) is 39.2 Å². The highest BCUT2D eigenvalue weighted by atomic mass is 19.1. The molecular weight excluding hydrogens is 415 g/mol. The lowest BCUT2D eigenvalue weighted by Crippen LogP contribution is -2.31. The van der Waals surface area contributed by atoms with Gasteiger partial charge in [-0.1, -0.05) is 12.1 Å². The number of rotatable bonds is 7. The topological polar surface area (TPSA) is 121 Å².